The lowest BCUT2D eigenvalue weighted by molar-refractivity contribution is -0.122. The minimum atomic E-state index is -0.250. The minimum absolute atomic E-state index is 0.207. The highest BCUT2D eigenvalue weighted by Gasteiger charge is 2.22. The summed E-state index contributed by atoms with van der Waals surface area (Å²) >= 11 is 0. The number of aromatic nitrogens is 2. The zero-order chi connectivity index (χ0) is 23.1. The van der Waals surface area contributed by atoms with Gasteiger partial charge in [-0.25, -0.2) is 9.78 Å². The standard InChI is InChI=1S/C22H27N5O2.CH2O2/c1-4-23-22(28)25-18-7-5-6-17(10-18)20-12-24-21-11-19(8-9-27(20)21)26-13-15(2)29-16(3)14-26;2-1-3/h5-12,15-16H,4,13-14H2,1-3H3,(H2,23,25,28);1H,(H,2,3)/t15-,16+;. The molecule has 1 aliphatic rings. The number of pyridine rings is 1. The van der Waals surface area contributed by atoms with Gasteiger partial charge in [-0.15, -0.1) is 0 Å². The second-order valence-corrected chi connectivity index (χ2v) is 7.59. The van der Waals surface area contributed by atoms with E-state index >= 15 is 0 Å². The molecule has 170 valence electrons. The summed E-state index contributed by atoms with van der Waals surface area (Å²) in [4.78, 5) is 27.1. The largest absolute Gasteiger partial charge is 0.483 e. The molecule has 9 nitrogen and oxygen atoms in total. The smallest absolute Gasteiger partial charge is 0.319 e. The molecule has 1 aromatic carbocycles. The van der Waals surface area contributed by atoms with E-state index in [1.807, 2.05) is 37.4 Å². The lowest BCUT2D eigenvalue weighted by Gasteiger charge is -2.36. The number of anilines is 2. The highest BCUT2D eigenvalue weighted by atomic mass is 16.5. The van der Waals surface area contributed by atoms with Crippen LogP contribution in [0.3, 0.4) is 0 Å². The number of carbonyl (C=O) groups excluding carboxylic acids is 1. The average Bonchev–Trinajstić information content (AvgIpc) is 3.17. The van der Waals surface area contributed by atoms with Crippen LogP contribution < -0.4 is 15.5 Å². The predicted octanol–water partition coefficient (Wildman–Crippen LogP) is 3.46. The zero-order valence-electron chi connectivity index (χ0n) is 18.5. The maximum atomic E-state index is 11.8. The number of benzene rings is 1. The molecule has 0 saturated carbocycles. The second kappa shape index (κ2) is 10.6. The highest BCUT2D eigenvalue weighted by Crippen LogP contribution is 2.27. The van der Waals surface area contributed by atoms with Gasteiger partial charge in [-0.3, -0.25) is 9.20 Å². The molecule has 1 saturated heterocycles. The molecule has 2 aromatic heterocycles. The number of nitrogens with zero attached hydrogens (tertiary/aromatic N) is 3. The number of rotatable bonds is 4. The number of hydrogen-bond donors (Lipinski definition) is 3. The fraction of sp³-hybridized carbons (Fsp3) is 0.348. The summed E-state index contributed by atoms with van der Waals surface area (Å²) in [6, 6.07) is 11.8. The van der Waals surface area contributed by atoms with E-state index in [2.05, 4.69) is 57.1 Å². The Hall–Kier alpha value is -3.59. The summed E-state index contributed by atoms with van der Waals surface area (Å²) < 4.78 is 7.92. The monoisotopic (exact) mass is 439 g/mol. The van der Waals surface area contributed by atoms with Crippen molar-refractivity contribution >= 4 is 29.5 Å². The third kappa shape index (κ3) is 5.55. The molecule has 3 aromatic rings. The number of ether oxygens (including phenoxy) is 1. The molecule has 4 rings (SSSR count). The van der Waals surface area contributed by atoms with Crippen molar-refractivity contribution in [2.24, 2.45) is 0 Å². The van der Waals surface area contributed by atoms with Crippen LogP contribution in [0, 0.1) is 0 Å². The molecule has 9 heteroatoms. The van der Waals surface area contributed by atoms with Crippen molar-refractivity contribution in [3.05, 3.63) is 48.8 Å². The van der Waals surface area contributed by atoms with Gasteiger partial charge in [0.05, 0.1) is 24.1 Å². The van der Waals surface area contributed by atoms with E-state index in [1.165, 1.54) is 0 Å². The number of nitrogens with one attached hydrogen (secondary N) is 2. The maximum absolute atomic E-state index is 11.8. The molecule has 3 N–H and O–H groups in total. The lowest BCUT2D eigenvalue weighted by atomic mass is 10.1. The number of carbonyl (C=O) groups is 2. The van der Waals surface area contributed by atoms with Crippen LogP contribution in [0.1, 0.15) is 20.8 Å². The summed E-state index contributed by atoms with van der Waals surface area (Å²) in [5.74, 6) is 0. The number of hydrogen-bond acceptors (Lipinski definition) is 5. The van der Waals surface area contributed by atoms with Gasteiger partial charge in [0, 0.05) is 48.8 Å². The van der Waals surface area contributed by atoms with E-state index < -0.39 is 0 Å². The van der Waals surface area contributed by atoms with E-state index in [4.69, 9.17) is 14.6 Å². The van der Waals surface area contributed by atoms with Crippen LogP contribution in [-0.2, 0) is 9.53 Å². The normalized spacial score (nSPS) is 17.9. The van der Waals surface area contributed by atoms with Crippen molar-refractivity contribution in [2.75, 3.05) is 29.9 Å². The molecular weight excluding hydrogens is 410 g/mol. The number of morpholine rings is 1. The molecule has 2 amide bonds. The van der Waals surface area contributed by atoms with Gasteiger partial charge in [-0.05, 0) is 39.0 Å². The Bertz CT molecular complexity index is 1060. The average molecular weight is 440 g/mol. The van der Waals surface area contributed by atoms with Gasteiger partial charge in [0.15, 0.2) is 0 Å². The van der Waals surface area contributed by atoms with Gasteiger partial charge in [-0.1, -0.05) is 12.1 Å². The van der Waals surface area contributed by atoms with E-state index in [1.54, 1.807) is 0 Å². The zero-order valence-corrected chi connectivity index (χ0v) is 18.5. The van der Waals surface area contributed by atoms with Gasteiger partial charge in [0.1, 0.15) is 5.65 Å². The summed E-state index contributed by atoms with van der Waals surface area (Å²) in [5, 5.41) is 12.5. The fourth-order valence-electron chi connectivity index (χ4n) is 3.86. The first-order valence-electron chi connectivity index (χ1n) is 10.6. The van der Waals surface area contributed by atoms with Crippen LogP contribution in [0.15, 0.2) is 48.8 Å². The molecule has 1 fully saturated rings. The van der Waals surface area contributed by atoms with Crippen molar-refractivity contribution < 1.29 is 19.4 Å². The Morgan fingerprint density at radius 3 is 2.66 bits per heavy atom. The quantitative estimate of drug-likeness (QED) is 0.538. The first kappa shape index (κ1) is 23.1. The van der Waals surface area contributed by atoms with E-state index in [9.17, 15) is 4.79 Å². The minimum Gasteiger partial charge on any atom is -0.483 e. The molecule has 1 aliphatic heterocycles. The van der Waals surface area contributed by atoms with E-state index in [0.29, 0.717) is 6.54 Å². The Morgan fingerprint density at radius 2 is 1.97 bits per heavy atom. The van der Waals surface area contributed by atoms with Crippen LogP contribution in [0.5, 0.6) is 0 Å². The number of imidazole rings is 1. The molecule has 3 heterocycles. The second-order valence-electron chi connectivity index (χ2n) is 7.59. The summed E-state index contributed by atoms with van der Waals surface area (Å²) in [6.07, 6.45) is 4.35. The SMILES string of the molecule is CCNC(=O)Nc1cccc(-c2cnc3cc(N4C[C@@H](C)O[C@@H](C)C4)ccn23)c1.O=CO. The van der Waals surface area contributed by atoms with Crippen molar-refractivity contribution in [3.63, 3.8) is 0 Å². The fourth-order valence-corrected chi connectivity index (χ4v) is 3.86. The van der Waals surface area contributed by atoms with Crippen LogP contribution >= 0.6 is 0 Å². The van der Waals surface area contributed by atoms with E-state index in [0.717, 1.165) is 41.4 Å². The summed E-state index contributed by atoms with van der Waals surface area (Å²) in [6.45, 7) is 8.19. The van der Waals surface area contributed by atoms with Gasteiger partial charge >= 0.3 is 6.03 Å². The van der Waals surface area contributed by atoms with Crippen molar-refractivity contribution in [3.8, 4) is 11.3 Å². The van der Waals surface area contributed by atoms with Crippen LogP contribution in [0.25, 0.3) is 16.9 Å². The molecule has 0 unspecified atom stereocenters. The molecule has 0 aliphatic carbocycles. The molecule has 0 radical (unpaired) electrons. The third-order valence-corrected chi connectivity index (χ3v) is 5.04. The number of fused-ring (bicyclic) bond motifs is 1. The Labute approximate surface area is 187 Å². The van der Waals surface area contributed by atoms with Gasteiger partial charge < -0.3 is 25.4 Å². The van der Waals surface area contributed by atoms with Gasteiger partial charge in [0.25, 0.3) is 6.47 Å². The number of carboxylic acid groups (broad SMARTS) is 1. The summed E-state index contributed by atoms with van der Waals surface area (Å²) in [7, 11) is 0. The topological polar surface area (TPSA) is 108 Å². The lowest BCUT2D eigenvalue weighted by Crippen LogP contribution is -2.45. The highest BCUT2D eigenvalue weighted by molar-refractivity contribution is 5.90. The first-order valence-corrected chi connectivity index (χ1v) is 10.6. The van der Waals surface area contributed by atoms with Crippen molar-refractivity contribution in [2.45, 2.75) is 33.0 Å². The Balaban J connectivity index is 0.000000913. The van der Waals surface area contributed by atoms with Crippen LogP contribution in [0.2, 0.25) is 0 Å². The van der Waals surface area contributed by atoms with Crippen molar-refractivity contribution in [1.82, 2.24) is 14.7 Å². The van der Waals surface area contributed by atoms with Crippen LogP contribution in [-0.4, -0.2) is 58.8 Å². The van der Waals surface area contributed by atoms with Crippen LogP contribution in [0.4, 0.5) is 16.2 Å². The number of urea groups is 1. The summed E-state index contributed by atoms with van der Waals surface area (Å²) in [5.41, 5.74) is 4.77. The van der Waals surface area contributed by atoms with Crippen molar-refractivity contribution in [1.29, 1.82) is 0 Å². The third-order valence-electron chi connectivity index (χ3n) is 5.04. The first-order chi connectivity index (χ1) is 15.4. The predicted molar refractivity (Wildman–Crippen MR) is 124 cm³/mol. The molecule has 2 atom stereocenters. The molecule has 0 bridgehead atoms. The van der Waals surface area contributed by atoms with Gasteiger partial charge in [-0.2, -0.15) is 0 Å². The molecule has 0 spiro atoms. The molecule has 32 heavy (non-hydrogen) atoms. The van der Waals surface area contributed by atoms with Gasteiger partial charge in [0.2, 0.25) is 0 Å². The molecular formula is C23H29N5O4. The Kier molecular flexibility index (Phi) is 7.67. The maximum Gasteiger partial charge on any atom is 0.319 e. The number of amides is 2. The Morgan fingerprint density at radius 1 is 1.25 bits per heavy atom. The van der Waals surface area contributed by atoms with E-state index in [-0.39, 0.29) is 24.7 Å².